The van der Waals surface area contributed by atoms with Crippen molar-refractivity contribution in [2.75, 3.05) is 0 Å². The zero-order valence-electron chi connectivity index (χ0n) is 10.3. The Bertz CT molecular complexity index is 510. The van der Waals surface area contributed by atoms with Crippen LogP contribution in [0.5, 0.6) is 0 Å². The van der Waals surface area contributed by atoms with E-state index in [0.717, 1.165) is 22.0 Å². The summed E-state index contributed by atoms with van der Waals surface area (Å²) in [7, 11) is 0. The summed E-state index contributed by atoms with van der Waals surface area (Å²) in [5.74, 6) is 0. The van der Waals surface area contributed by atoms with Gasteiger partial charge in [0, 0.05) is 28.9 Å². The second-order valence-corrected chi connectivity index (χ2v) is 5.24. The highest BCUT2D eigenvalue weighted by Gasteiger charge is 2.09. The van der Waals surface area contributed by atoms with Gasteiger partial charge in [-0.15, -0.1) is 0 Å². The number of aliphatic hydroxyl groups excluding tert-OH is 1. The third-order valence-electron chi connectivity index (χ3n) is 2.97. The summed E-state index contributed by atoms with van der Waals surface area (Å²) in [6.45, 7) is 2.14. The van der Waals surface area contributed by atoms with E-state index in [0.29, 0.717) is 6.42 Å². The van der Waals surface area contributed by atoms with Gasteiger partial charge in [-0.1, -0.05) is 31.2 Å². The lowest BCUT2D eigenvalue weighted by Crippen LogP contribution is -2.02. The Balaban J connectivity index is 2.08. The number of aliphatic hydroxyl groups is 1. The number of nitrogens with zero attached hydrogens (tertiary/aromatic N) is 1. The van der Waals surface area contributed by atoms with E-state index >= 15 is 0 Å². The smallest absolute Gasteiger partial charge is 0.0845 e. The summed E-state index contributed by atoms with van der Waals surface area (Å²) in [6, 6.07) is 10.3. The SMILES string of the molecule is CCc1ccc(CC(O)c2cncc(Br)c2)cc1. The number of benzene rings is 1. The highest BCUT2D eigenvalue weighted by molar-refractivity contribution is 9.10. The van der Waals surface area contributed by atoms with Crippen LogP contribution in [0.4, 0.5) is 0 Å². The molecule has 0 saturated heterocycles. The minimum Gasteiger partial charge on any atom is -0.388 e. The number of hydrogen-bond donors (Lipinski definition) is 1. The summed E-state index contributed by atoms with van der Waals surface area (Å²) < 4.78 is 0.889. The maximum atomic E-state index is 10.2. The summed E-state index contributed by atoms with van der Waals surface area (Å²) in [5.41, 5.74) is 3.29. The Labute approximate surface area is 116 Å². The maximum Gasteiger partial charge on any atom is 0.0845 e. The van der Waals surface area contributed by atoms with Crippen molar-refractivity contribution in [2.24, 2.45) is 0 Å². The van der Waals surface area contributed by atoms with E-state index in [1.807, 2.05) is 6.07 Å². The van der Waals surface area contributed by atoms with E-state index in [9.17, 15) is 5.11 Å². The predicted octanol–water partition coefficient (Wildman–Crippen LogP) is 3.68. The zero-order valence-corrected chi connectivity index (χ0v) is 11.9. The van der Waals surface area contributed by atoms with Crippen LogP contribution < -0.4 is 0 Å². The molecular formula is C15H16BrNO. The minimum absolute atomic E-state index is 0.512. The summed E-state index contributed by atoms with van der Waals surface area (Å²) in [4.78, 5) is 4.07. The van der Waals surface area contributed by atoms with Crippen molar-refractivity contribution in [3.8, 4) is 0 Å². The Morgan fingerprint density at radius 1 is 1.17 bits per heavy atom. The van der Waals surface area contributed by atoms with Crippen LogP contribution in [0.15, 0.2) is 47.2 Å². The van der Waals surface area contributed by atoms with Crippen LogP contribution in [-0.4, -0.2) is 10.1 Å². The van der Waals surface area contributed by atoms with Gasteiger partial charge in [0.2, 0.25) is 0 Å². The summed E-state index contributed by atoms with van der Waals surface area (Å²) >= 11 is 3.36. The Morgan fingerprint density at radius 2 is 1.83 bits per heavy atom. The molecule has 94 valence electrons. The number of aryl methyl sites for hydroxylation is 1. The second kappa shape index (κ2) is 6.12. The van der Waals surface area contributed by atoms with E-state index in [1.54, 1.807) is 12.4 Å². The molecule has 2 nitrogen and oxygen atoms in total. The molecule has 18 heavy (non-hydrogen) atoms. The van der Waals surface area contributed by atoms with Crippen LogP contribution in [0, 0.1) is 0 Å². The molecule has 0 aliphatic heterocycles. The van der Waals surface area contributed by atoms with Crippen LogP contribution in [-0.2, 0) is 12.8 Å². The first kappa shape index (κ1) is 13.2. The molecule has 1 aromatic carbocycles. The second-order valence-electron chi connectivity index (χ2n) is 4.33. The third-order valence-corrected chi connectivity index (χ3v) is 3.40. The Hall–Kier alpha value is -1.19. The van der Waals surface area contributed by atoms with E-state index in [4.69, 9.17) is 0 Å². The number of pyridine rings is 1. The van der Waals surface area contributed by atoms with Crippen molar-refractivity contribution < 1.29 is 5.11 Å². The van der Waals surface area contributed by atoms with Gasteiger partial charge >= 0.3 is 0 Å². The first-order valence-electron chi connectivity index (χ1n) is 6.05. The van der Waals surface area contributed by atoms with Gasteiger partial charge in [0.15, 0.2) is 0 Å². The third kappa shape index (κ3) is 3.40. The van der Waals surface area contributed by atoms with E-state index in [2.05, 4.69) is 52.1 Å². The van der Waals surface area contributed by atoms with Gasteiger partial charge in [0.05, 0.1) is 6.10 Å². The lowest BCUT2D eigenvalue weighted by molar-refractivity contribution is 0.178. The van der Waals surface area contributed by atoms with Crippen LogP contribution in [0.2, 0.25) is 0 Å². The fourth-order valence-electron chi connectivity index (χ4n) is 1.86. The molecule has 1 unspecified atom stereocenters. The normalized spacial score (nSPS) is 12.4. The minimum atomic E-state index is -0.512. The number of rotatable bonds is 4. The van der Waals surface area contributed by atoms with Gasteiger partial charge < -0.3 is 5.11 Å². The van der Waals surface area contributed by atoms with Gasteiger partial charge in [-0.25, -0.2) is 0 Å². The molecule has 1 aromatic heterocycles. The molecule has 0 saturated carbocycles. The molecule has 0 fully saturated rings. The molecule has 2 rings (SSSR count). The van der Waals surface area contributed by atoms with Gasteiger partial charge in [-0.05, 0) is 39.5 Å². The maximum absolute atomic E-state index is 10.2. The van der Waals surface area contributed by atoms with Crippen LogP contribution in [0.25, 0.3) is 0 Å². The molecule has 0 radical (unpaired) electrons. The van der Waals surface area contributed by atoms with Crippen molar-refractivity contribution in [1.29, 1.82) is 0 Å². The standard InChI is InChI=1S/C15H16BrNO/c1-2-11-3-5-12(6-4-11)7-15(18)13-8-14(16)10-17-9-13/h3-6,8-10,15,18H,2,7H2,1H3. The molecule has 0 bridgehead atoms. The molecule has 0 spiro atoms. The lowest BCUT2D eigenvalue weighted by Gasteiger charge is -2.11. The predicted molar refractivity (Wildman–Crippen MR) is 76.4 cm³/mol. The Kier molecular flexibility index (Phi) is 4.50. The fraction of sp³-hybridized carbons (Fsp3) is 0.267. The molecule has 1 atom stereocenters. The quantitative estimate of drug-likeness (QED) is 0.934. The average molecular weight is 306 g/mol. The molecule has 0 aliphatic carbocycles. The first-order chi connectivity index (χ1) is 8.69. The van der Waals surface area contributed by atoms with E-state index < -0.39 is 6.10 Å². The first-order valence-corrected chi connectivity index (χ1v) is 6.84. The van der Waals surface area contributed by atoms with Gasteiger partial charge in [0.1, 0.15) is 0 Å². The van der Waals surface area contributed by atoms with Crippen LogP contribution in [0.1, 0.15) is 29.7 Å². The number of aromatic nitrogens is 1. The monoisotopic (exact) mass is 305 g/mol. The number of hydrogen-bond acceptors (Lipinski definition) is 2. The summed E-state index contributed by atoms with van der Waals surface area (Å²) in [5, 5.41) is 10.2. The Morgan fingerprint density at radius 3 is 2.44 bits per heavy atom. The molecule has 3 heteroatoms. The van der Waals surface area contributed by atoms with Crippen molar-refractivity contribution in [3.63, 3.8) is 0 Å². The molecule has 1 heterocycles. The highest BCUT2D eigenvalue weighted by atomic mass is 79.9. The van der Waals surface area contributed by atoms with Gasteiger partial charge in [0.25, 0.3) is 0 Å². The molecule has 0 aliphatic rings. The van der Waals surface area contributed by atoms with Crippen LogP contribution in [0.3, 0.4) is 0 Å². The highest BCUT2D eigenvalue weighted by Crippen LogP contribution is 2.20. The molecule has 2 aromatic rings. The topological polar surface area (TPSA) is 33.1 Å². The van der Waals surface area contributed by atoms with E-state index in [1.165, 1.54) is 5.56 Å². The van der Waals surface area contributed by atoms with Gasteiger partial charge in [-0.3, -0.25) is 4.98 Å². The molecular weight excluding hydrogens is 290 g/mol. The fourth-order valence-corrected chi connectivity index (χ4v) is 2.25. The van der Waals surface area contributed by atoms with Crippen molar-refractivity contribution in [3.05, 3.63) is 63.9 Å². The average Bonchev–Trinajstić information content (AvgIpc) is 2.39. The zero-order chi connectivity index (χ0) is 13.0. The summed E-state index contributed by atoms with van der Waals surface area (Å²) in [6.07, 6.45) is 4.56. The van der Waals surface area contributed by atoms with Gasteiger partial charge in [-0.2, -0.15) is 0 Å². The van der Waals surface area contributed by atoms with E-state index in [-0.39, 0.29) is 0 Å². The largest absolute Gasteiger partial charge is 0.388 e. The number of halogens is 1. The van der Waals surface area contributed by atoms with Crippen molar-refractivity contribution in [1.82, 2.24) is 4.98 Å². The molecule has 1 N–H and O–H groups in total. The molecule has 0 amide bonds. The lowest BCUT2D eigenvalue weighted by atomic mass is 10.0. The van der Waals surface area contributed by atoms with Crippen molar-refractivity contribution >= 4 is 15.9 Å². The van der Waals surface area contributed by atoms with Crippen molar-refractivity contribution in [2.45, 2.75) is 25.9 Å². The van der Waals surface area contributed by atoms with Crippen LogP contribution >= 0.6 is 15.9 Å².